The van der Waals surface area contributed by atoms with Crippen LogP contribution in [0.5, 0.6) is 0 Å². The van der Waals surface area contributed by atoms with Gasteiger partial charge in [-0.3, -0.25) is 4.79 Å². The predicted octanol–water partition coefficient (Wildman–Crippen LogP) is 2.79. The molecule has 1 aromatic rings. The minimum absolute atomic E-state index is 0.0688. The summed E-state index contributed by atoms with van der Waals surface area (Å²) in [5.41, 5.74) is 1.04. The molecule has 0 aromatic heterocycles. The van der Waals surface area contributed by atoms with E-state index < -0.39 is 0 Å². The number of benzene rings is 1. The van der Waals surface area contributed by atoms with E-state index >= 15 is 0 Å². The molecule has 0 radical (unpaired) electrons. The topological polar surface area (TPSA) is 61.9 Å². The SMILES string of the molecule is CCN(CC)C(=O)CCNC(=O)N1CCOC(c2cccc(Br)c2)C1. The number of urea groups is 1. The highest BCUT2D eigenvalue weighted by Gasteiger charge is 2.25. The summed E-state index contributed by atoms with van der Waals surface area (Å²) in [6.45, 7) is 7.22. The lowest BCUT2D eigenvalue weighted by atomic mass is 10.1. The highest BCUT2D eigenvalue weighted by atomic mass is 79.9. The Kier molecular flexibility index (Phi) is 7.71. The summed E-state index contributed by atoms with van der Waals surface area (Å²) in [5.74, 6) is 0.0688. The molecule has 1 fully saturated rings. The van der Waals surface area contributed by atoms with Crippen molar-refractivity contribution in [1.29, 1.82) is 0 Å². The highest BCUT2D eigenvalue weighted by molar-refractivity contribution is 9.10. The Hall–Kier alpha value is -1.60. The Morgan fingerprint density at radius 3 is 2.80 bits per heavy atom. The van der Waals surface area contributed by atoms with Crippen LogP contribution >= 0.6 is 15.9 Å². The molecule has 1 N–H and O–H groups in total. The maximum atomic E-state index is 12.4. The normalized spacial score (nSPS) is 17.2. The molecule has 0 spiro atoms. The summed E-state index contributed by atoms with van der Waals surface area (Å²) >= 11 is 3.46. The number of ether oxygens (including phenoxy) is 1. The van der Waals surface area contributed by atoms with E-state index in [-0.39, 0.29) is 18.0 Å². The summed E-state index contributed by atoms with van der Waals surface area (Å²) in [4.78, 5) is 27.8. The maximum absolute atomic E-state index is 12.4. The summed E-state index contributed by atoms with van der Waals surface area (Å²) in [6, 6.07) is 7.79. The first-order valence-electron chi connectivity index (χ1n) is 8.72. The molecular weight excluding hydrogens is 386 g/mol. The molecule has 1 heterocycles. The van der Waals surface area contributed by atoms with Gasteiger partial charge in [0.25, 0.3) is 0 Å². The van der Waals surface area contributed by atoms with Crippen molar-refractivity contribution in [3.63, 3.8) is 0 Å². The van der Waals surface area contributed by atoms with E-state index in [2.05, 4.69) is 21.2 Å². The van der Waals surface area contributed by atoms with E-state index in [4.69, 9.17) is 4.74 Å². The molecule has 0 saturated carbocycles. The Labute approximate surface area is 157 Å². The average Bonchev–Trinajstić information content (AvgIpc) is 2.63. The molecule has 3 amide bonds. The van der Waals surface area contributed by atoms with Gasteiger partial charge in [0, 0.05) is 37.1 Å². The van der Waals surface area contributed by atoms with Gasteiger partial charge in [-0.2, -0.15) is 0 Å². The molecule has 6 nitrogen and oxygen atoms in total. The highest BCUT2D eigenvalue weighted by Crippen LogP contribution is 2.24. The van der Waals surface area contributed by atoms with Gasteiger partial charge in [-0.1, -0.05) is 28.1 Å². The van der Waals surface area contributed by atoms with E-state index in [9.17, 15) is 9.59 Å². The van der Waals surface area contributed by atoms with E-state index in [0.717, 1.165) is 10.0 Å². The standard InChI is InChI=1S/C18H26BrN3O3/c1-3-21(4-2)17(23)8-9-20-18(24)22-10-11-25-16(13-22)14-6-5-7-15(19)12-14/h5-7,12,16H,3-4,8-11,13H2,1-2H3,(H,20,24). The van der Waals surface area contributed by atoms with Gasteiger partial charge < -0.3 is 19.9 Å². The van der Waals surface area contributed by atoms with Crippen molar-refractivity contribution < 1.29 is 14.3 Å². The van der Waals surface area contributed by atoms with Crippen LogP contribution in [0.4, 0.5) is 4.79 Å². The van der Waals surface area contributed by atoms with Crippen LogP contribution in [-0.4, -0.2) is 61.1 Å². The largest absolute Gasteiger partial charge is 0.370 e. The lowest BCUT2D eigenvalue weighted by Gasteiger charge is -2.33. The maximum Gasteiger partial charge on any atom is 0.317 e. The number of rotatable bonds is 6. The fraction of sp³-hybridized carbons (Fsp3) is 0.556. The van der Waals surface area contributed by atoms with Gasteiger partial charge in [0.2, 0.25) is 5.91 Å². The van der Waals surface area contributed by atoms with Crippen LogP contribution in [-0.2, 0) is 9.53 Å². The van der Waals surface area contributed by atoms with E-state index in [1.54, 1.807) is 9.80 Å². The second-order valence-electron chi connectivity index (χ2n) is 5.91. The zero-order valence-electron chi connectivity index (χ0n) is 14.8. The van der Waals surface area contributed by atoms with Gasteiger partial charge in [0.05, 0.1) is 13.2 Å². The quantitative estimate of drug-likeness (QED) is 0.782. The first-order chi connectivity index (χ1) is 12.0. The molecule has 1 atom stereocenters. The summed E-state index contributed by atoms with van der Waals surface area (Å²) in [6.07, 6.45) is 0.196. The lowest BCUT2D eigenvalue weighted by Crippen LogP contribution is -2.47. The molecule has 1 saturated heterocycles. The number of amides is 3. The van der Waals surface area contributed by atoms with Gasteiger partial charge in [0.1, 0.15) is 6.10 Å². The van der Waals surface area contributed by atoms with Crippen molar-refractivity contribution in [3.8, 4) is 0 Å². The second-order valence-corrected chi connectivity index (χ2v) is 6.82. The van der Waals surface area contributed by atoms with Crippen molar-refractivity contribution in [2.24, 2.45) is 0 Å². The number of hydrogen-bond acceptors (Lipinski definition) is 3. The smallest absolute Gasteiger partial charge is 0.317 e. The van der Waals surface area contributed by atoms with Crippen LogP contribution < -0.4 is 5.32 Å². The molecule has 138 valence electrons. The Morgan fingerprint density at radius 2 is 2.12 bits per heavy atom. The third-order valence-corrected chi connectivity index (χ3v) is 4.80. The van der Waals surface area contributed by atoms with Crippen molar-refractivity contribution in [2.45, 2.75) is 26.4 Å². The number of nitrogens with one attached hydrogen (secondary N) is 1. The fourth-order valence-electron chi connectivity index (χ4n) is 2.86. The molecule has 1 aliphatic rings. The van der Waals surface area contributed by atoms with Crippen LogP contribution in [0.2, 0.25) is 0 Å². The Balaban J connectivity index is 1.82. The molecule has 1 unspecified atom stereocenters. The number of morpholine rings is 1. The number of carbonyl (C=O) groups excluding carboxylic acids is 2. The second kappa shape index (κ2) is 9.77. The monoisotopic (exact) mass is 411 g/mol. The average molecular weight is 412 g/mol. The van der Waals surface area contributed by atoms with Gasteiger partial charge in [-0.05, 0) is 31.5 Å². The third-order valence-electron chi connectivity index (χ3n) is 4.31. The predicted molar refractivity (Wildman–Crippen MR) is 100 cm³/mol. The fourth-order valence-corrected chi connectivity index (χ4v) is 3.28. The van der Waals surface area contributed by atoms with E-state index in [0.29, 0.717) is 45.8 Å². The Bertz CT molecular complexity index is 593. The van der Waals surface area contributed by atoms with Gasteiger partial charge in [-0.25, -0.2) is 4.79 Å². The summed E-state index contributed by atoms with van der Waals surface area (Å²) in [7, 11) is 0. The minimum atomic E-state index is -0.143. The van der Waals surface area contributed by atoms with Gasteiger partial charge in [0.15, 0.2) is 0 Å². The lowest BCUT2D eigenvalue weighted by molar-refractivity contribution is -0.130. The van der Waals surface area contributed by atoms with Crippen LogP contribution in [0.25, 0.3) is 0 Å². The van der Waals surface area contributed by atoms with Crippen LogP contribution in [0.15, 0.2) is 28.7 Å². The molecule has 1 aromatic carbocycles. The molecule has 1 aliphatic heterocycles. The molecule has 25 heavy (non-hydrogen) atoms. The van der Waals surface area contributed by atoms with Crippen molar-refractivity contribution in [1.82, 2.24) is 15.1 Å². The van der Waals surface area contributed by atoms with Crippen LogP contribution in [0, 0.1) is 0 Å². The Morgan fingerprint density at radius 1 is 1.36 bits per heavy atom. The first-order valence-corrected chi connectivity index (χ1v) is 9.52. The summed E-state index contributed by atoms with van der Waals surface area (Å²) in [5, 5.41) is 2.84. The van der Waals surface area contributed by atoms with Gasteiger partial charge in [-0.15, -0.1) is 0 Å². The summed E-state index contributed by atoms with van der Waals surface area (Å²) < 4.78 is 6.79. The van der Waals surface area contributed by atoms with Crippen molar-refractivity contribution in [2.75, 3.05) is 39.3 Å². The third kappa shape index (κ3) is 5.71. The zero-order chi connectivity index (χ0) is 18.2. The molecular formula is C18H26BrN3O3. The molecule has 7 heteroatoms. The molecule has 2 rings (SSSR count). The van der Waals surface area contributed by atoms with Crippen LogP contribution in [0.1, 0.15) is 31.9 Å². The van der Waals surface area contributed by atoms with E-state index in [1.807, 2.05) is 38.1 Å². The molecule has 0 bridgehead atoms. The molecule has 0 aliphatic carbocycles. The number of halogens is 1. The first kappa shape index (κ1) is 19.7. The number of hydrogen-bond donors (Lipinski definition) is 1. The van der Waals surface area contributed by atoms with E-state index in [1.165, 1.54) is 0 Å². The van der Waals surface area contributed by atoms with Gasteiger partial charge >= 0.3 is 6.03 Å². The van der Waals surface area contributed by atoms with Crippen molar-refractivity contribution in [3.05, 3.63) is 34.3 Å². The number of carbonyl (C=O) groups is 2. The zero-order valence-corrected chi connectivity index (χ0v) is 16.4. The van der Waals surface area contributed by atoms with Crippen LogP contribution in [0.3, 0.4) is 0 Å². The van der Waals surface area contributed by atoms with Crippen molar-refractivity contribution >= 4 is 27.9 Å². The minimum Gasteiger partial charge on any atom is -0.370 e. The number of nitrogens with zero attached hydrogens (tertiary/aromatic N) is 2.